The van der Waals surface area contributed by atoms with Gasteiger partial charge in [-0.15, -0.1) is 10.2 Å². The van der Waals surface area contributed by atoms with Crippen molar-refractivity contribution in [3.63, 3.8) is 0 Å². The number of halogens is 1. The van der Waals surface area contributed by atoms with Crippen LogP contribution in [0.3, 0.4) is 0 Å². The van der Waals surface area contributed by atoms with Gasteiger partial charge < -0.3 is 4.42 Å². The van der Waals surface area contributed by atoms with Crippen LogP contribution in [0.4, 0.5) is 0 Å². The van der Waals surface area contributed by atoms with Crippen LogP contribution in [0.5, 0.6) is 0 Å². The zero-order valence-electron chi connectivity index (χ0n) is 7.70. The smallest absolute Gasteiger partial charge is 0.247 e. The zero-order valence-corrected chi connectivity index (χ0v) is 9.85. The summed E-state index contributed by atoms with van der Waals surface area (Å²) in [5.74, 6) is 1.26. The molecule has 0 atom stereocenters. The number of aromatic nitrogens is 2. The van der Waals surface area contributed by atoms with E-state index in [1.165, 1.54) is 5.56 Å². The van der Waals surface area contributed by atoms with Crippen molar-refractivity contribution in [1.29, 1.82) is 0 Å². The van der Waals surface area contributed by atoms with Crippen LogP contribution in [0.25, 0.3) is 11.5 Å². The van der Waals surface area contributed by atoms with E-state index >= 15 is 0 Å². The van der Waals surface area contributed by atoms with E-state index in [0.717, 1.165) is 9.99 Å². The largest absolute Gasteiger partial charge is 0.420 e. The summed E-state index contributed by atoms with van der Waals surface area (Å²) >= 11 is 2.20. The maximum Gasteiger partial charge on any atom is 0.247 e. The predicted octanol–water partition coefficient (Wildman–Crippen LogP) is 2.98. The molecule has 0 amide bonds. The second-order valence-electron chi connectivity index (χ2n) is 3.00. The monoisotopic (exact) mass is 300 g/mol. The van der Waals surface area contributed by atoms with Gasteiger partial charge in [0.25, 0.3) is 0 Å². The summed E-state index contributed by atoms with van der Waals surface area (Å²) in [6, 6.07) is 8.03. The Morgan fingerprint density at radius 3 is 2.50 bits per heavy atom. The average molecular weight is 300 g/mol. The van der Waals surface area contributed by atoms with Gasteiger partial charge in [0, 0.05) is 5.56 Å². The van der Waals surface area contributed by atoms with Crippen LogP contribution in [-0.2, 0) is 4.43 Å². The third kappa shape index (κ3) is 1.95. The number of hydrogen-bond donors (Lipinski definition) is 0. The van der Waals surface area contributed by atoms with Crippen molar-refractivity contribution >= 4 is 22.6 Å². The molecule has 0 N–H and O–H groups in total. The average Bonchev–Trinajstić information content (AvgIpc) is 2.67. The van der Waals surface area contributed by atoms with E-state index in [-0.39, 0.29) is 0 Å². The first-order valence-corrected chi connectivity index (χ1v) is 5.77. The van der Waals surface area contributed by atoms with Gasteiger partial charge in [-0.25, -0.2) is 0 Å². The maximum atomic E-state index is 5.43. The Balaban J connectivity index is 2.34. The molecular weight excluding hydrogens is 291 g/mol. The zero-order chi connectivity index (χ0) is 9.97. The van der Waals surface area contributed by atoms with E-state index in [0.29, 0.717) is 11.8 Å². The fraction of sp³-hybridized carbons (Fsp3) is 0.200. The number of rotatable bonds is 2. The third-order valence-corrected chi connectivity index (χ3v) is 2.53. The fourth-order valence-corrected chi connectivity index (χ4v) is 1.43. The van der Waals surface area contributed by atoms with Crippen molar-refractivity contribution in [2.24, 2.45) is 0 Å². The molecule has 14 heavy (non-hydrogen) atoms. The van der Waals surface area contributed by atoms with Gasteiger partial charge in [0.1, 0.15) is 0 Å². The molecule has 0 saturated carbocycles. The highest BCUT2D eigenvalue weighted by Crippen LogP contribution is 2.18. The van der Waals surface area contributed by atoms with Crippen LogP contribution >= 0.6 is 22.6 Å². The Morgan fingerprint density at radius 1 is 1.21 bits per heavy atom. The maximum absolute atomic E-state index is 5.43. The number of aryl methyl sites for hydroxylation is 1. The van der Waals surface area contributed by atoms with Crippen molar-refractivity contribution in [1.82, 2.24) is 10.2 Å². The van der Waals surface area contributed by atoms with E-state index in [9.17, 15) is 0 Å². The Labute approximate surface area is 95.7 Å². The van der Waals surface area contributed by atoms with Gasteiger partial charge in [-0.2, -0.15) is 0 Å². The first-order valence-electron chi connectivity index (χ1n) is 4.25. The van der Waals surface area contributed by atoms with Crippen LogP contribution in [0.15, 0.2) is 28.7 Å². The van der Waals surface area contributed by atoms with Gasteiger partial charge in [0.2, 0.25) is 11.8 Å². The molecule has 4 heteroatoms. The van der Waals surface area contributed by atoms with Gasteiger partial charge in [0.05, 0.1) is 4.43 Å². The minimum Gasteiger partial charge on any atom is -0.420 e. The lowest BCUT2D eigenvalue weighted by Crippen LogP contribution is -1.78. The van der Waals surface area contributed by atoms with Crippen LogP contribution in [0, 0.1) is 6.92 Å². The molecule has 0 aliphatic rings. The van der Waals surface area contributed by atoms with Crippen LogP contribution in [-0.4, -0.2) is 10.2 Å². The van der Waals surface area contributed by atoms with Crippen molar-refractivity contribution in [2.45, 2.75) is 11.4 Å². The first kappa shape index (κ1) is 9.64. The van der Waals surface area contributed by atoms with Crippen molar-refractivity contribution in [3.05, 3.63) is 35.7 Å². The molecule has 1 aromatic carbocycles. The Hall–Kier alpha value is -0.910. The molecular formula is C10H9IN2O. The van der Waals surface area contributed by atoms with Crippen LogP contribution in [0.1, 0.15) is 11.5 Å². The lowest BCUT2D eigenvalue weighted by molar-refractivity contribution is 0.531. The minimum absolute atomic E-state index is 0.594. The molecule has 0 unspecified atom stereocenters. The molecule has 0 bridgehead atoms. The quantitative estimate of drug-likeness (QED) is 0.632. The lowest BCUT2D eigenvalue weighted by atomic mass is 10.1. The summed E-state index contributed by atoms with van der Waals surface area (Å²) in [6.07, 6.45) is 0. The molecule has 0 saturated heterocycles. The number of benzene rings is 1. The van der Waals surface area contributed by atoms with E-state index in [1.54, 1.807) is 0 Å². The SMILES string of the molecule is Cc1ccc(-c2nnc(CI)o2)cc1. The van der Waals surface area contributed by atoms with Crippen molar-refractivity contribution < 1.29 is 4.42 Å². The summed E-state index contributed by atoms with van der Waals surface area (Å²) in [7, 11) is 0. The second kappa shape index (κ2) is 4.08. The number of hydrogen-bond acceptors (Lipinski definition) is 3. The lowest BCUT2D eigenvalue weighted by Gasteiger charge is -1.94. The van der Waals surface area contributed by atoms with E-state index < -0.39 is 0 Å². The predicted molar refractivity (Wildman–Crippen MR) is 62.2 cm³/mol. The van der Waals surface area contributed by atoms with Crippen molar-refractivity contribution in [3.8, 4) is 11.5 Å². The Kier molecular flexibility index (Phi) is 2.81. The summed E-state index contributed by atoms with van der Waals surface area (Å²) in [5, 5.41) is 7.87. The molecule has 2 rings (SSSR count). The third-order valence-electron chi connectivity index (χ3n) is 1.88. The summed E-state index contributed by atoms with van der Waals surface area (Å²) in [5.41, 5.74) is 2.20. The summed E-state index contributed by atoms with van der Waals surface area (Å²) in [4.78, 5) is 0. The second-order valence-corrected chi connectivity index (χ2v) is 3.76. The summed E-state index contributed by atoms with van der Waals surface area (Å²) in [6.45, 7) is 2.05. The number of alkyl halides is 1. The molecule has 3 nitrogen and oxygen atoms in total. The normalized spacial score (nSPS) is 10.4. The van der Waals surface area contributed by atoms with Gasteiger partial charge in [-0.1, -0.05) is 40.3 Å². The molecule has 1 aromatic heterocycles. The molecule has 1 heterocycles. The van der Waals surface area contributed by atoms with Gasteiger partial charge in [0.15, 0.2) is 0 Å². The molecule has 0 aliphatic heterocycles. The highest BCUT2D eigenvalue weighted by atomic mass is 127. The van der Waals surface area contributed by atoms with Crippen LogP contribution < -0.4 is 0 Å². The van der Waals surface area contributed by atoms with Crippen molar-refractivity contribution in [2.75, 3.05) is 0 Å². The summed E-state index contributed by atoms with van der Waals surface area (Å²) < 4.78 is 6.18. The first-order chi connectivity index (χ1) is 6.79. The minimum atomic E-state index is 0.594. The van der Waals surface area contributed by atoms with Crippen LogP contribution in [0.2, 0.25) is 0 Å². The van der Waals surface area contributed by atoms with Gasteiger partial charge >= 0.3 is 0 Å². The highest BCUT2D eigenvalue weighted by Gasteiger charge is 2.06. The number of nitrogens with zero attached hydrogens (tertiary/aromatic N) is 2. The molecule has 72 valence electrons. The molecule has 0 aliphatic carbocycles. The Morgan fingerprint density at radius 2 is 1.93 bits per heavy atom. The molecule has 0 fully saturated rings. The topological polar surface area (TPSA) is 38.9 Å². The van der Waals surface area contributed by atoms with E-state index in [4.69, 9.17) is 4.42 Å². The van der Waals surface area contributed by atoms with E-state index in [1.807, 2.05) is 31.2 Å². The molecule has 0 spiro atoms. The Bertz CT molecular complexity index is 422. The molecule has 0 radical (unpaired) electrons. The molecule has 2 aromatic rings. The fourth-order valence-electron chi connectivity index (χ4n) is 1.12. The standard InChI is InChI=1S/C10H9IN2O/c1-7-2-4-8(5-3-7)10-13-12-9(6-11)14-10/h2-5H,6H2,1H3. The van der Waals surface area contributed by atoms with Gasteiger partial charge in [-0.05, 0) is 19.1 Å². The van der Waals surface area contributed by atoms with E-state index in [2.05, 4.69) is 32.8 Å². The highest BCUT2D eigenvalue weighted by molar-refractivity contribution is 14.1. The van der Waals surface area contributed by atoms with Gasteiger partial charge in [-0.3, -0.25) is 0 Å².